The summed E-state index contributed by atoms with van der Waals surface area (Å²) < 4.78 is 5.74. The van der Waals surface area contributed by atoms with Crippen molar-refractivity contribution in [1.29, 1.82) is 0 Å². The first kappa shape index (κ1) is 15.7. The molecule has 0 saturated carbocycles. The molecule has 0 saturated heterocycles. The Morgan fingerprint density at radius 3 is 2.75 bits per heavy atom. The minimum atomic E-state index is -0.955. The fraction of sp³-hybridized carbons (Fsp3) is 0.167. The van der Waals surface area contributed by atoms with E-state index in [4.69, 9.17) is 9.84 Å². The second-order valence-corrected chi connectivity index (χ2v) is 5.46. The van der Waals surface area contributed by atoms with Crippen LogP contribution in [0.2, 0.25) is 0 Å². The van der Waals surface area contributed by atoms with Gasteiger partial charge in [-0.15, -0.1) is 0 Å². The molecule has 0 aliphatic carbocycles. The lowest BCUT2D eigenvalue weighted by Crippen LogP contribution is -2.38. The zero-order valence-electron chi connectivity index (χ0n) is 13.1. The second-order valence-electron chi connectivity index (χ2n) is 5.46. The lowest BCUT2D eigenvalue weighted by atomic mass is 10.1. The molecule has 0 atom stereocenters. The highest BCUT2D eigenvalue weighted by atomic mass is 16.5. The van der Waals surface area contributed by atoms with E-state index in [1.807, 2.05) is 19.1 Å². The van der Waals surface area contributed by atoms with Crippen molar-refractivity contribution in [2.45, 2.75) is 13.3 Å². The van der Waals surface area contributed by atoms with Crippen molar-refractivity contribution in [3.8, 4) is 5.75 Å². The maximum atomic E-state index is 12.7. The van der Waals surface area contributed by atoms with Gasteiger partial charge in [0.2, 0.25) is 0 Å². The first-order chi connectivity index (χ1) is 11.5. The third-order valence-electron chi connectivity index (χ3n) is 3.63. The highest BCUT2D eigenvalue weighted by molar-refractivity contribution is 6.10. The summed E-state index contributed by atoms with van der Waals surface area (Å²) in [6.45, 7) is 1.99. The van der Waals surface area contributed by atoms with Crippen LogP contribution in [0.3, 0.4) is 0 Å². The number of anilines is 1. The Kier molecular flexibility index (Phi) is 4.29. The molecule has 6 nitrogen and oxygen atoms in total. The molecule has 3 rings (SSSR count). The molecule has 0 bridgehead atoms. The van der Waals surface area contributed by atoms with Gasteiger partial charge in [0.1, 0.15) is 0 Å². The number of hydrogen-bond acceptors (Lipinski definition) is 4. The number of nitrogens with zero attached hydrogens (tertiary/aromatic N) is 2. The summed E-state index contributed by atoms with van der Waals surface area (Å²) in [4.78, 5) is 29.0. The molecule has 1 aromatic carbocycles. The number of aryl methyl sites for hydroxylation is 1. The summed E-state index contributed by atoms with van der Waals surface area (Å²) in [7, 11) is 0. The van der Waals surface area contributed by atoms with E-state index in [9.17, 15) is 9.59 Å². The maximum Gasteiger partial charge on any atom is 0.305 e. The topological polar surface area (TPSA) is 79.7 Å². The third kappa shape index (κ3) is 3.27. The SMILES string of the molecule is Cc1ccc2c(c1)N(CCC(=O)O)C(=O)/C(=C\c1ccncc1)O2. The van der Waals surface area contributed by atoms with Crippen LogP contribution in [0, 0.1) is 6.92 Å². The minimum Gasteiger partial charge on any atom is -0.481 e. The van der Waals surface area contributed by atoms with Crippen molar-refractivity contribution in [2.24, 2.45) is 0 Å². The van der Waals surface area contributed by atoms with E-state index in [1.165, 1.54) is 4.90 Å². The van der Waals surface area contributed by atoms with Crippen molar-refractivity contribution in [3.05, 3.63) is 59.6 Å². The molecule has 0 unspecified atom stereocenters. The highest BCUT2D eigenvalue weighted by Crippen LogP contribution is 2.36. The van der Waals surface area contributed by atoms with Crippen LogP contribution in [0.4, 0.5) is 5.69 Å². The van der Waals surface area contributed by atoms with Crippen LogP contribution in [-0.4, -0.2) is 28.5 Å². The van der Waals surface area contributed by atoms with Crippen molar-refractivity contribution in [1.82, 2.24) is 4.98 Å². The van der Waals surface area contributed by atoms with Crippen molar-refractivity contribution >= 4 is 23.6 Å². The third-order valence-corrected chi connectivity index (χ3v) is 3.63. The average molecular weight is 324 g/mol. The number of benzene rings is 1. The number of aromatic nitrogens is 1. The number of amides is 1. The molecule has 0 radical (unpaired) electrons. The van der Waals surface area contributed by atoms with E-state index in [1.54, 1.807) is 36.7 Å². The van der Waals surface area contributed by atoms with Gasteiger partial charge in [0.15, 0.2) is 11.5 Å². The van der Waals surface area contributed by atoms with Crippen LogP contribution in [-0.2, 0) is 9.59 Å². The van der Waals surface area contributed by atoms with E-state index in [0.717, 1.165) is 11.1 Å². The Hall–Kier alpha value is -3.15. The molecule has 6 heteroatoms. The smallest absolute Gasteiger partial charge is 0.305 e. The molecule has 1 aromatic heterocycles. The number of ether oxygens (including phenoxy) is 1. The number of carbonyl (C=O) groups is 2. The average Bonchev–Trinajstić information content (AvgIpc) is 2.56. The van der Waals surface area contributed by atoms with Crippen molar-refractivity contribution in [3.63, 3.8) is 0 Å². The number of carboxylic acids is 1. The molecular formula is C18H16N2O4. The van der Waals surface area contributed by atoms with Gasteiger partial charge in [0.05, 0.1) is 12.1 Å². The van der Waals surface area contributed by atoms with Crippen LogP contribution < -0.4 is 9.64 Å². The van der Waals surface area contributed by atoms with Gasteiger partial charge in [0, 0.05) is 18.9 Å². The summed E-state index contributed by atoms with van der Waals surface area (Å²) in [5.41, 5.74) is 2.34. The Labute approximate surface area is 139 Å². The normalized spacial score (nSPS) is 15.1. The first-order valence-electron chi connectivity index (χ1n) is 7.48. The Morgan fingerprint density at radius 2 is 2.04 bits per heavy atom. The summed E-state index contributed by atoms with van der Waals surface area (Å²) in [5, 5.41) is 8.94. The van der Waals surface area contributed by atoms with E-state index in [-0.39, 0.29) is 24.6 Å². The molecule has 24 heavy (non-hydrogen) atoms. The zero-order valence-corrected chi connectivity index (χ0v) is 13.1. The van der Waals surface area contributed by atoms with Gasteiger partial charge >= 0.3 is 5.97 Å². The van der Waals surface area contributed by atoms with Crippen LogP contribution >= 0.6 is 0 Å². The van der Waals surface area contributed by atoms with Gasteiger partial charge in [-0.3, -0.25) is 14.6 Å². The molecule has 1 amide bonds. The lowest BCUT2D eigenvalue weighted by molar-refractivity contribution is -0.136. The van der Waals surface area contributed by atoms with Gasteiger partial charge in [-0.2, -0.15) is 0 Å². The number of aliphatic carboxylic acids is 1. The number of hydrogen-bond donors (Lipinski definition) is 1. The minimum absolute atomic E-state index is 0.0850. The summed E-state index contributed by atoms with van der Waals surface area (Å²) in [6.07, 6.45) is 4.74. The molecular weight excluding hydrogens is 308 g/mol. The molecule has 1 N–H and O–H groups in total. The fourth-order valence-corrected chi connectivity index (χ4v) is 2.46. The summed E-state index contributed by atoms with van der Waals surface area (Å²) in [5.74, 6) is -0.622. The largest absolute Gasteiger partial charge is 0.481 e. The summed E-state index contributed by atoms with van der Waals surface area (Å²) >= 11 is 0. The maximum absolute atomic E-state index is 12.7. The van der Waals surface area contributed by atoms with Gasteiger partial charge in [-0.25, -0.2) is 0 Å². The van der Waals surface area contributed by atoms with Crippen LogP contribution in [0.5, 0.6) is 5.75 Å². The predicted octanol–water partition coefficient (Wildman–Crippen LogP) is 2.63. The fourth-order valence-electron chi connectivity index (χ4n) is 2.46. The Morgan fingerprint density at radius 1 is 1.29 bits per heavy atom. The van der Waals surface area contributed by atoms with Gasteiger partial charge < -0.3 is 14.7 Å². The number of rotatable bonds is 4. The van der Waals surface area contributed by atoms with Crippen LogP contribution in [0.15, 0.2) is 48.5 Å². The zero-order chi connectivity index (χ0) is 17.1. The standard InChI is InChI=1S/C18H16N2O4/c1-12-2-3-15-14(10-12)20(9-6-17(21)22)18(23)16(24-15)11-13-4-7-19-8-5-13/h2-5,7-8,10-11H,6,9H2,1H3,(H,21,22)/b16-11+. The highest BCUT2D eigenvalue weighted by Gasteiger charge is 2.30. The molecule has 1 aliphatic rings. The first-order valence-corrected chi connectivity index (χ1v) is 7.48. The summed E-state index contributed by atoms with van der Waals surface area (Å²) in [6, 6.07) is 9.00. The molecule has 0 fully saturated rings. The molecule has 1 aliphatic heterocycles. The van der Waals surface area contributed by atoms with Gasteiger partial charge in [0.25, 0.3) is 5.91 Å². The molecule has 2 heterocycles. The van der Waals surface area contributed by atoms with E-state index < -0.39 is 5.97 Å². The quantitative estimate of drug-likeness (QED) is 0.875. The Bertz CT molecular complexity index is 815. The van der Waals surface area contributed by atoms with Crippen molar-refractivity contribution < 1.29 is 19.4 Å². The monoisotopic (exact) mass is 324 g/mol. The van der Waals surface area contributed by atoms with E-state index in [0.29, 0.717) is 11.4 Å². The number of pyridine rings is 1. The molecule has 2 aromatic rings. The van der Waals surface area contributed by atoms with Crippen molar-refractivity contribution in [2.75, 3.05) is 11.4 Å². The lowest BCUT2D eigenvalue weighted by Gasteiger charge is -2.30. The molecule has 122 valence electrons. The van der Waals surface area contributed by atoms with E-state index >= 15 is 0 Å². The van der Waals surface area contributed by atoms with Crippen LogP contribution in [0.1, 0.15) is 17.5 Å². The van der Waals surface area contributed by atoms with Gasteiger partial charge in [-0.05, 0) is 48.4 Å². The van der Waals surface area contributed by atoms with Crippen LogP contribution in [0.25, 0.3) is 6.08 Å². The number of carbonyl (C=O) groups excluding carboxylic acids is 1. The Balaban J connectivity index is 2.00. The van der Waals surface area contributed by atoms with E-state index in [2.05, 4.69) is 4.98 Å². The number of fused-ring (bicyclic) bond motifs is 1. The second kappa shape index (κ2) is 6.54. The predicted molar refractivity (Wildman–Crippen MR) is 88.6 cm³/mol. The number of carboxylic acid groups (broad SMARTS) is 1. The molecule has 0 spiro atoms. The van der Waals surface area contributed by atoms with Gasteiger partial charge in [-0.1, -0.05) is 6.07 Å².